The normalized spacial score (nSPS) is 13.8. The van der Waals surface area contributed by atoms with Gasteiger partial charge in [-0.2, -0.15) is 13.2 Å². The number of hydrazine groups is 1. The second-order valence-corrected chi connectivity index (χ2v) is 5.39. The Hall–Kier alpha value is -1.27. The van der Waals surface area contributed by atoms with Gasteiger partial charge in [-0.15, -0.1) is 0 Å². The minimum atomic E-state index is -4.38. The lowest BCUT2D eigenvalue weighted by atomic mass is 9.96. The van der Waals surface area contributed by atoms with Gasteiger partial charge >= 0.3 is 6.18 Å². The molecule has 5 N–H and O–H groups in total. The van der Waals surface area contributed by atoms with Crippen molar-refractivity contribution in [1.29, 1.82) is 0 Å². The summed E-state index contributed by atoms with van der Waals surface area (Å²) in [5.74, 6) is 6.01. The minimum absolute atomic E-state index is 0.325. The highest BCUT2D eigenvalue weighted by Gasteiger charge is 2.31. The van der Waals surface area contributed by atoms with Gasteiger partial charge < -0.3 is 5.73 Å². The number of rotatable bonds is 6. The largest absolute Gasteiger partial charge is 0.416 e. The molecule has 3 nitrogen and oxygen atoms in total. The van der Waals surface area contributed by atoms with Crippen LogP contribution in [0, 0.1) is 5.92 Å². The van der Waals surface area contributed by atoms with Crippen LogP contribution in [0.4, 0.5) is 18.9 Å². The summed E-state index contributed by atoms with van der Waals surface area (Å²) in [5, 5.41) is 0. The highest BCUT2D eigenvalue weighted by molar-refractivity contribution is 5.50. The molecule has 20 heavy (non-hydrogen) atoms. The predicted molar refractivity (Wildman–Crippen MR) is 74.6 cm³/mol. The fraction of sp³-hybridized carbons (Fsp3) is 0.571. The molecule has 0 fully saturated rings. The first-order valence-electron chi connectivity index (χ1n) is 6.68. The molecular weight excluding hydrogens is 267 g/mol. The van der Waals surface area contributed by atoms with E-state index in [0.717, 1.165) is 25.0 Å². The van der Waals surface area contributed by atoms with Crippen molar-refractivity contribution in [2.75, 3.05) is 5.73 Å². The zero-order chi connectivity index (χ0) is 15.3. The Labute approximate surface area is 117 Å². The van der Waals surface area contributed by atoms with Crippen LogP contribution in [0.15, 0.2) is 18.2 Å². The van der Waals surface area contributed by atoms with E-state index in [0.29, 0.717) is 23.6 Å². The molecule has 1 rings (SSSR count). The van der Waals surface area contributed by atoms with Gasteiger partial charge in [0.25, 0.3) is 0 Å². The quantitative estimate of drug-likeness (QED) is 0.426. The van der Waals surface area contributed by atoms with E-state index < -0.39 is 11.7 Å². The van der Waals surface area contributed by atoms with Crippen LogP contribution in [-0.4, -0.2) is 0 Å². The summed E-state index contributed by atoms with van der Waals surface area (Å²) in [6.07, 6.45) is -1.85. The first-order valence-corrected chi connectivity index (χ1v) is 6.68. The van der Waals surface area contributed by atoms with Crippen molar-refractivity contribution in [2.45, 2.75) is 45.3 Å². The molecule has 114 valence electrons. The molecule has 6 heteroatoms. The fourth-order valence-corrected chi connectivity index (χ4v) is 2.11. The van der Waals surface area contributed by atoms with Crippen LogP contribution in [-0.2, 0) is 6.18 Å². The van der Waals surface area contributed by atoms with E-state index in [1.165, 1.54) is 6.07 Å². The summed E-state index contributed by atoms with van der Waals surface area (Å²) in [5.41, 5.74) is 8.37. The molecule has 0 saturated carbocycles. The van der Waals surface area contributed by atoms with Crippen molar-refractivity contribution >= 4 is 5.69 Å². The molecule has 0 aliphatic carbocycles. The molecule has 0 heterocycles. The van der Waals surface area contributed by atoms with E-state index in [9.17, 15) is 13.2 Å². The van der Waals surface area contributed by atoms with Crippen LogP contribution >= 0.6 is 0 Å². The number of halogens is 3. The van der Waals surface area contributed by atoms with E-state index in [1.54, 1.807) is 0 Å². The van der Waals surface area contributed by atoms with Crippen LogP contribution < -0.4 is 17.0 Å². The van der Waals surface area contributed by atoms with Crippen molar-refractivity contribution in [3.63, 3.8) is 0 Å². The lowest BCUT2D eigenvalue weighted by Crippen LogP contribution is -2.29. The number of nitrogens with one attached hydrogen (secondary N) is 1. The summed E-state index contributed by atoms with van der Waals surface area (Å²) in [7, 11) is 0. The Morgan fingerprint density at radius 2 is 1.85 bits per heavy atom. The van der Waals surface area contributed by atoms with Gasteiger partial charge in [0.05, 0.1) is 5.56 Å². The highest BCUT2D eigenvalue weighted by Crippen LogP contribution is 2.34. The molecule has 0 spiro atoms. The topological polar surface area (TPSA) is 64.1 Å². The van der Waals surface area contributed by atoms with Gasteiger partial charge in [0.2, 0.25) is 0 Å². The SMILES string of the molecule is CC(C)CCCC(NN)c1cc(C(F)(F)F)ccc1N. The van der Waals surface area contributed by atoms with Gasteiger partial charge in [0, 0.05) is 11.7 Å². The first-order chi connectivity index (χ1) is 9.25. The Morgan fingerprint density at radius 3 is 2.35 bits per heavy atom. The van der Waals surface area contributed by atoms with Crippen molar-refractivity contribution in [3.05, 3.63) is 29.3 Å². The van der Waals surface area contributed by atoms with Crippen molar-refractivity contribution < 1.29 is 13.2 Å². The monoisotopic (exact) mass is 289 g/mol. The molecule has 0 aliphatic rings. The summed E-state index contributed by atoms with van der Waals surface area (Å²) in [6, 6.07) is 2.98. The highest BCUT2D eigenvalue weighted by atomic mass is 19.4. The smallest absolute Gasteiger partial charge is 0.398 e. The van der Waals surface area contributed by atoms with Gasteiger partial charge in [-0.3, -0.25) is 11.3 Å². The van der Waals surface area contributed by atoms with Crippen LogP contribution in [0.5, 0.6) is 0 Å². The summed E-state index contributed by atoms with van der Waals surface area (Å²) < 4.78 is 38.2. The maximum absolute atomic E-state index is 12.7. The third kappa shape index (κ3) is 4.68. The molecule has 0 aliphatic heterocycles. The van der Waals surface area contributed by atoms with Crippen LogP contribution in [0.25, 0.3) is 0 Å². The maximum atomic E-state index is 12.7. The van der Waals surface area contributed by atoms with E-state index >= 15 is 0 Å². The number of alkyl halides is 3. The van der Waals surface area contributed by atoms with E-state index in [2.05, 4.69) is 19.3 Å². The Morgan fingerprint density at radius 1 is 1.20 bits per heavy atom. The van der Waals surface area contributed by atoms with Gasteiger partial charge in [-0.1, -0.05) is 26.7 Å². The summed E-state index contributed by atoms with van der Waals surface area (Å²) in [4.78, 5) is 0. The van der Waals surface area contributed by atoms with E-state index in [-0.39, 0.29) is 6.04 Å². The van der Waals surface area contributed by atoms with Crippen molar-refractivity contribution in [3.8, 4) is 0 Å². The summed E-state index contributed by atoms with van der Waals surface area (Å²) >= 11 is 0. The average Bonchev–Trinajstić information content (AvgIpc) is 2.34. The van der Waals surface area contributed by atoms with Crippen LogP contribution in [0.2, 0.25) is 0 Å². The lowest BCUT2D eigenvalue weighted by Gasteiger charge is -2.20. The number of anilines is 1. The lowest BCUT2D eigenvalue weighted by molar-refractivity contribution is -0.137. The fourth-order valence-electron chi connectivity index (χ4n) is 2.11. The Kier molecular flexibility index (Phi) is 5.83. The summed E-state index contributed by atoms with van der Waals surface area (Å²) in [6.45, 7) is 4.20. The van der Waals surface area contributed by atoms with Crippen molar-refractivity contribution in [2.24, 2.45) is 11.8 Å². The molecular formula is C14H22F3N3. The zero-order valence-electron chi connectivity index (χ0n) is 11.8. The number of benzene rings is 1. The molecule has 1 aromatic rings. The second-order valence-electron chi connectivity index (χ2n) is 5.39. The van der Waals surface area contributed by atoms with Gasteiger partial charge in [-0.05, 0) is 36.1 Å². The maximum Gasteiger partial charge on any atom is 0.416 e. The molecule has 0 aromatic heterocycles. The first kappa shape index (κ1) is 16.8. The molecule has 0 radical (unpaired) electrons. The van der Waals surface area contributed by atoms with Gasteiger partial charge in [0.1, 0.15) is 0 Å². The third-order valence-electron chi connectivity index (χ3n) is 3.26. The number of hydrogen-bond acceptors (Lipinski definition) is 3. The van der Waals surface area contributed by atoms with Crippen LogP contribution in [0.1, 0.15) is 50.3 Å². The Balaban J connectivity index is 2.91. The standard InChI is InChI=1S/C14H22F3N3/c1-9(2)4-3-5-13(20-19)11-8-10(14(15,16)17)6-7-12(11)18/h6-9,13,20H,3-5,18-19H2,1-2H3. The number of nitrogen functional groups attached to an aromatic ring is 1. The molecule has 1 unspecified atom stereocenters. The van der Waals surface area contributed by atoms with E-state index in [1.807, 2.05) is 0 Å². The number of hydrogen-bond donors (Lipinski definition) is 3. The molecule has 0 saturated heterocycles. The Bertz CT molecular complexity index is 430. The molecule has 1 atom stereocenters. The zero-order valence-corrected chi connectivity index (χ0v) is 11.8. The van der Waals surface area contributed by atoms with Gasteiger partial charge in [0.15, 0.2) is 0 Å². The third-order valence-corrected chi connectivity index (χ3v) is 3.26. The minimum Gasteiger partial charge on any atom is -0.398 e. The van der Waals surface area contributed by atoms with E-state index in [4.69, 9.17) is 11.6 Å². The second kappa shape index (κ2) is 6.95. The average molecular weight is 289 g/mol. The molecule has 0 amide bonds. The predicted octanol–water partition coefficient (Wildman–Crippen LogP) is 3.62. The van der Waals surface area contributed by atoms with Crippen LogP contribution in [0.3, 0.4) is 0 Å². The van der Waals surface area contributed by atoms with Crippen molar-refractivity contribution in [1.82, 2.24) is 5.43 Å². The molecule has 1 aromatic carbocycles. The number of nitrogens with two attached hydrogens (primary N) is 2. The molecule has 0 bridgehead atoms. The van der Waals surface area contributed by atoms with Gasteiger partial charge in [-0.25, -0.2) is 0 Å².